The van der Waals surface area contributed by atoms with Gasteiger partial charge in [-0.05, 0) is 51.1 Å². The Morgan fingerprint density at radius 1 is 1.36 bits per heavy atom. The summed E-state index contributed by atoms with van der Waals surface area (Å²) in [7, 11) is 5.90. The number of hydrogen-bond donors (Lipinski definition) is 2. The number of hydrogen-bond acceptors (Lipinski definition) is 7. The maximum absolute atomic E-state index is 12.3. The van der Waals surface area contributed by atoms with Gasteiger partial charge in [0.15, 0.2) is 0 Å². The van der Waals surface area contributed by atoms with E-state index in [1.807, 2.05) is 12.1 Å². The standard InChI is InChI=1S/C20H28N6O2/c1-25(2)16-11-26(12-17(16)28-3)18-7-8-21-20(24-18)22-10-14-9-13-5-4-6-15(13)23-19(14)27/h7-9,16-17H,4-6,10-12H2,1-3H3,(H,23,27)(H,21,22,24)/t16-,17+/m0/s1. The van der Waals surface area contributed by atoms with Crippen LogP contribution in [-0.4, -0.2) is 66.3 Å². The van der Waals surface area contributed by atoms with Crippen LogP contribution >= 0.6 is 0 Å². The van der Waals surface area contributed by atoms with Gasteiger partial charge >= 0.3 is 0 Å². The molecular formula is C20H28N6O2. The van der Waals surface area contributed by atoms with Gasteiger partial charge < -0.3 is 24.8 Å². The lowest BCUT2D eigenvalue weighted by atomic mass is 10.1. The van der Waals surface area contributed by atoms with Gasteiger partial charge in [-0.1, -0.05) is 0 Å². The summed E-state index contributed by atoms with van der Waals surface area (Å²) in [6.45, 7) is 2.06. The number of ether oxygens (including phenoxy) is 1. The zero-order valence-corrected chi connectivity index (χ0v) is 16.7. The van der Waals surface area contributed by atoms with E-state index in [0.29, 0.717) is 18.5 Å². The summed E-state index contributed by atoms with van der Waals surface area (Å²) in [4.78, 5) is 28.7. The molecule has 1 saturated heterocycles. The van der Waals surface area contributed by atoms with E-state index in [1.54, 1.807) is 13.3 Å². The molecule has 2 N–H and O–H groups in total. The molecule has 4 rings (SSSR count). The average molecular weight is 384 g/mol. The van der Waals surface area contributed by atoms with Gasteiger partial charge in [-0.2, -0.15) is 4.98 Å². The lowest BCUT2D eigenvalue weighted by Crippen LogP contribution is -2.39. The van der Waals surface area contributed by atoms with Crippen molar-refractivity contribution in [3.05, 3.63) is 45.5 Å². The average Bonchev–Trinajstić information content (AvgIpc) is 3.32. The van der Waals surface area contributed by atoms with Crippen molar-refractivity contribution in [2.45, 2.75) is 38.0 Å². The van der Waals surface area contributed by atoms with Crippen LogP contribution in [0.2, 0.25) is 0 Å². The molecule has 8 heteroatoms. The minimum absolute atomic E-state index is 0.0272. The summed E-state index contributed by atoms with van der Waals surface area (Å²) in [5.74, 6) is 1.39. The van der Waals surface area contributed by atoms with Crippen LogP contribution in [0.4, 0.5) is 11.8 Å². The van der Waals surface area contributed by atoms with Crippen molar-refractivity contribution in [1.29, 1.82) is 0 Å². The second-order valence-electron chi connectivity index (χ2n) is 7.78. The first-order valence-corrected chi connectivity index (χ1v) is 9.80. The van der Waals surface area contributed by atoms with Crippen molar-refractivity contribution in [2.24, 2.45) is 0 Å². The highest BCUT2D eigenvalue weighted by Crippen LogP contribution is 2.23. The molecule has 28 heavy (non-hydrogen) atoms. The summed E-state index contributed by atoms with van der Waals surface area (Å²) in [6, 6.07) is 4.25. The van der Waals surface area contributed by atoms with Gasteiger partial charge in [0.25, 0.3) is 5.56 Å². The normalized spacial score (nSPS) is 21.4. The number of H-pyrrole nitrogens is 1. The van der Waals surface area contributed by atoms with E-state index >= 15 is 0 Å². The second-order valence-corrected chi connectivity index (χ2v) is 7.78. The summed E-state index contributed by atoms with van der Waals surface area (Å²) in [5.41, 5.74) is 3.04. The number of nitrogens with one attached hydrogen (secondary N) is 2. The van der Waals surface area contributed by atoms with Crippen LogP contribution in [0, 0.1) is 0 Å². The molecular weight excluding hydrogens is 356 g/mol. The van der Waals surface area contributed by atoms with E-state index in [-0.39, 0.29) is 11.7 Å². The Kier molecular flexibility index (Phi) is 5.32. The minimum Gasteiger partial charge on any atom is -0.378 e. The van der Waals surface area contributed by atoms with E-state index < -0.39 is 0 Å². The van der Waals surface area contributed by atoms with Crippen LogP contribution in [0.25, 0.3) is 0 Å². The Morgan fingerprint density at radius 2 is 2.21 bits per heavy atom. The Bertz CT molecular complexity index is 897. The number of fused-ring (bicyclic) bond motifs is 1. The molecule has 0 radical (unpaired) electrons. The van der Waals surface area contributed by atoms with Gasteiger partial charge in [-0.3, -0.25) is 4.79 Å². The molecule has 1 aliphatic heterocycles. The molecule has 3 heterocycles. The fraction of sp³-hybridized carbons (Fsp3) is 0.550. The molecule has 0 saturated carbocycles. The zero-order valence-electron chi connectivity index (χ0n) is 16.7. The smallest absolute Gasteiger partial charge is 0.253 e. The van der Waals surface area contributed by atoms with E-state index in [4.69, 9.17) is 4.74 Å². The van der Waals surface area contributed by atoms with Crippen molar-refractivity contribution in [3.63, 3.8) is 0 Å². The highest BCUT2D eigenvalue weighted by atomic mass is 16.5. The SMILES string of the molecule is CO[C@@H]1CN(c2ccnc(NCc3cc4c([nH]c3=O)CCC4)n2)C[C@@H]1N(C)C. The number of aryl methyl sites for hydroxylation is 2. The molecule has 8 nitrogen and oxygen atoms in total. The fourth-order valence-corrected chi connectivity index (χ4v) is 4.15. The van der Waals surface area contributed by atoms with Crippen LogP contribution in [0.3, 0.4) is 0 Å². The highest BCUT2D eigenvalue weighted by molar-refractivity contribution is 5.45. The van der Waals surface area contributed by atoms with Crippen molar-refractivity contribution in [3.8, 4) is 0 Å². The van der Waals surface area contributed by atoms with E-state index in [2.05, 4.69) is 44.2 Å². The van der Waals surface area contributed by atoms with Gasteiger partial charge in [0.2, 0.25) is 5.95 Å². The number of pyridine rings is 1. The number of rotatable bonds is 6. The first kappa shape index (κ1) is 18.9. The highest BCUT2D eigenvalue weighted by Gasteiger charge is 2.35. The van der Waals surface area contributed by atoms with Crippen LogP contribution < -0.4 is 15.8 Å². The van der Waals surface area contributed by atoms with Crippen molar-refractivity contribution in [2.75, 3.05) is 44.5 Å². The Labute approximate surface area is 164 Å². The number of nitrogens with zero attached hydrogens (tertiary/aromatic N) is 4. The Morgan fingerprint density at radius 3 is 2.96 bits per heavy atom. The summed E-state index contributed by atoms with van der Waals surface area (Å²) >= 11 is 0. The van der Waals surface area contributed by atoms with Crippen molar-refractivity contribution >= 4 is 11.8 Å². The molecule has 1 fully saturated rings. The molecule has 2 aromatic rings. The minimum atomic E-state index is -0.0272. The van der Waals surface area contributed by atoms with E-state index in [9.17, 15) is 4.79 Å². The first-order chi connectivity index (χ1) is 13.5. The summed E-state index contributed by atoms with van der Waals surface area (Å²) in [6.07, 6.45) is 5.01. The molecule has 0 spiro atoms. The number of anilines is 2. The van der Waals surface area contributed by atoms with E-state index in [0.717, 1.165) is 49.4 Å². The molecule has 0 bridgehead atoms. The molecule has 0 amide bonds. The topological polar surface area (TPSA) is 86.4 Å². The summed E-state index contributed by atoms with van der Waals surface area (Å²) < 4.78 is 5.64. The van der Waals surface area contributed by atoms with Gasteiger partial charge in [0.05, 0.1) is 12.1 Å². The van der Waals surface area contributed by atoms with Gasteiger partial charge in [0.1, 0.15) is 5.82 Å². The monoisotopic (exact) mass is 384 g/mol. The van der Waals surface area contributed by atoms with Gasteiger partial charge in [-0.25, -0.2) is 4.98 Å². The lowest BCUT2D eigenvalue weighted by molar-refractivity contribution is 0.0639. The third-order valence-electron chi connectivity index (χ3n) is 5.77. The molecule has 0 aromatic carbocycles. The molecule has 2 atom stereocenters. The van der Waals surface area contributed by atoms with Crippen LogP contribution in [0.15, 0.2) is 23.1 Å². The zero-order chi connectivity index (χ0) is 19.7. The third kappa shape index (κ3) is 3.74. The second kappa shape index (κ2) is 7.89. The van der Waals surface area contributed by atoms with Crippen LogP contribution in [0.5, 0.6) is 0 Å². The van der Waals surface area contributed by atoms with Crippen molar-refractivity contribution < 1.29 is 4.74 Å². The van der Waals surface area contributed by atoms with Crippen LogP contribution in [0.1, 0.15) is 23.2 Å². The van der Waals surface area contributed by atoms with E-state index in [1.165, 1.54) is 5.56 Å². The van der Waals surface area contributed by atoms with Crippen LogP contribution in [-0.2, 0) is 24.1 Å². The lowest BCUT2D eigenvalue weighted by Gasteiger charge is -2.23. The number of aromatic amines is 1. The first-order valence-electron chi connectivity index (χ1n) is 9.80. The number of methoxy groups -OCH3 is 1. The number of likely N-dealkylation sites (N-methyl/N-ethyl adjacent to an activating group) is 1. The largest absolute Gasteiger partial charge is 0.378 e. The summed E-state index contributed by atoms with van der Waals surface area (Å²) in [5, 5.41) is 3.21. The number of aromatic nitrogens is 3. The molecule has 1 aliphatic carbocycles. The Balaban J connectivity index is 1.46. The quantitative estimate of drug-likeness (QED) is 0.769. The molecule has 0 unspecified atom stereocenters. The predicted octanol–water partition coefficient (Wildman–Crippen LogP) is 1.03. The third-order valence-corrected chi connectivity index (χ3v) is 5.77. The maximum atomic E-state index is 12.3. The van der Waals surface area contributed by atoms with Gasteiger partial charge in [-0.15, -0.1) is 0 Å². The molecule has 150 valence electrons. The molecule has 2 aromatic heterocycles. The van der Waals surface area contributed by atoms with Crippen molar-refractivity contribution in [1.82, 2.24) is 19.9 Å². The predicted molar refractivity (Wildman–Crippen MR) is 109 cm³/mol. The Hall–Kier alpha value is -2.45. The molecule has 2 aliphatic rings. The fourth-order valence-electron chi connectivity index (χ4n) is 4.15. The maximum Gasteiger partial charge on any atom is 0.253 e. The van der Waals surface area contributed by atoms with Gasteiger partial charge in [0, 0.05) is 44.2 Å².